The Morgan fingerprint density at radius 2 is 2.14 bits per heavy atom. The fraction of sp³-hybridized carbons (Fsp3) is 0.318. The van der Waals surface area contributed by atoms with Crippen molar-refractivity contribution in [1.82, 2.24) is 19.7 Å². The summed E-state index contributed by atoms with van der Waals surface area (Å²) < 4.78 is 8.01. The van der Waals surface area contributed by atoms with E-state index in [2.05, 4.69) is 33.1 Å². The van der Waals surface area contributed by atoms with Crippen LogP contribution in [0.4, 0.5) is 0 Å². The number of hydrogen-bond acceptors (Lipinski definition) is 5. The van der Waals surface area contributed by atoms with Crippen LogP contribution in [0.1, 0.15) is 30.2 Å². The smallest absolute Gasteiger partial charge is 0.257 e. The maximum absolute atomic E-state index is 13.0. The summed E-state index contributed by atoms with van der Waals surface area (Å²) in [6, 6.07) is 12.2. The summed E-state index contributed by atoms with van der Waals surface area (Å²) in [5.41, 5.74) is 2.23. The van der Waals surface area contributed by atoms with Gasteiger partial charge in [-0.3, -0.25) is 4.79 Å². The van der Waals surface area contributed by atoms with Crippen molar-refractivity contribution in [3.63, 3.8) is 0 Å². The van der Waals surface area contributed by atoms with Crippen molar-refractivity contribution in [1.29, 1.82) is 0 Å². The summed E-state index contributed by atoms with van der Waals surface area (Å²) in [5.74, 6) is 1.45. The number of carbonyl (C=O) groups is 1. The van der Waals surface area contributed by atoms with Crippen LogP contribution in [0, 0.1) is 0 Å². The summed E-state index contributed by atoms with van der Waals surface area (Å²) in [6.07, 6.45) is 4.39. The van der Waals surface area contributed by atoms with Gasteiger partial charge in [0.05, 0.1) is 17.2 Å². The van der Waals surface area contributed by atoms with Crippen molar-refractivity contribution >= 4 is 28.1 Å². The number of para-hydroxylation sites is 1. The number of benzene rings is 1. The van der Waals surface area contributed by atoms with Gasteiger partial charge in [-0.05, 0) is 35.9 Å². The van der Waals surface area contributed by atoms with Gasteiger partial charge in [0.1, 0.15) is 0 Å². The molecule has 1 unspecified atom stereocenters. The van der Waals surface area contributed by atoms with Gasteiger partial charge in [0, 0.05) is 37.2 Å². The third-order valence-corrected chi connectivity index (χ3v) is 6.47. The van der Waals surface area contributed by atoms with E-state index in [-0.39, 0.29) is 11.8 Å². The number of aryl methyl sites for hydroxylation is 1. The Morgan fingerprint density at radius 3 is 3.00 bits per heavy atom. The van der Waals surface area contributed by atoms with Crippen molar-refractivity contribution in [3.8, 4) is 10.8 Å². The first-order valence-electron chi connectivity index (χ1n) is 9.87. The van der Waals surface area contributed by atoms with Crippen LogP contribution in [0.25, 0.3) is 21.7 Å². The molecule has 1 aromatic carbocycles. The van der Waals surface area contributed by atoms with Crippen molar-refractivity contribution < 1.29 is 9.21 Å². The van der Waals surface area contributed by atoms with Gasteiger partial charge in [0.15, 0.2) is 0 Å². The monoisotopic (exact) mass is 406 g/mol. The van der Waals surface area contributed by atoms with Gasteiger partial charge in [-0.25, -0.2) is 0 Å². The first-order valence-corrected chi connectivity index (χ1v) is 10.7. The zero-order valence-corrected chi connectivity index (χ0v) is 17.1. The molecular weight excluding hydrogens is 384 g/mol. The van der Waals surface area contributed by atoms with Crippen LogP contribution in [0.5, 0.6) is 0 Å². The van der Waals surface area contributed by atoms with E-state index in [1.165, 1.54) is 0 Å². The van der Waals surface area contributed by atoms with Gasteiger partial charge in [0.2, 0.25) is 11.8 Å². The molecule has 0 radical (unpaired) electrons. The van der Waals surface area contributed by atoms with Crippen LogP contribution in [0.3, 0.4) is 0 Å². The Bertz CT molecular complexity index is 1140. The van der Waals surface area contributed by atoms with Crippen molar-refractivity contribution in [2.45, 2.75) is 25.2 Å². The Labute approximate surface area is 172 Å². The molecule has 0 bridgehead atoms. The molecule has 4 heterocycles. The Hall–Kier alpha value is -2.93. The SMILES string of the molecule is Cn1cc(CC(=O)N2CCCC(c3nnc(-c4cccs4)o3)C2)c2ccccc21. The molecule has 1 amide bonds. The topological polar surface area (TPSA) is 64.2 Å². The van der Waals surface area contributed by atoms with E-state index in [1.54, 1.807) is 11.3 Å². The standard InChI is InChI=1S/C22H22N4O2S/c1-25-13-16(17-7-2-3-8-18(17)25)12-20(27)26-10-4-6-15(14-26)21-23-24-22(28-21)19-9-5-11-29-19/h2-3,5,7-9,11,13,15H,4,6,10,12,14H2,1H3. The van der Waals surface area contributed by atoms with Crippen LogP contribution >= 0.6 is 11.3 Å². The summed E-state index contributed by atoms with van der Waals surface area (Å²) >= 11 is 1.58. The number of hydrogen-bond donors (Lipinski definition) is 0. The number of carbonyl (C=O) groups excluding carboxylic acids is 1. The summed E-state index contributed by atoms with van der Waals surface area (Å²) in [6.45, 7) is 1.42. The molecule has 148 valence electrons. The molecule has 0 saturated carbocycles. The second-order valence-corrected chi connectivity index (χ2v) is 8.51. The molecule has 0 aliphatic carbocycles. The van der Waals surface area contributed by atoms with Crippen molar-refractivity contribution in [3.05, 3.63) is 59.4 Å². The lowest BCUT2D eigenvalue weighted by Crippen LogP contribution is -2.40. The number of likely N-dealkylation sites (tertiary alicyclic amines) is 1. The minimum Gasteiger partial charge on any atom is -0.420 e. The van der Waals surface area contributed by atoms with E-state index in [4.69, 9.17) is 4.42 Å². The molecule has 0 spiro atoms. The quantitative estimate of drug-likeness (QED) is 0.509. The number of rotatable bonds is 4. The van der Waals surface area contributed by atoms with Gasteiger partial charge < -0.3 is 13.9 Å². The molecule has 3 aromatic heterocycles. The largest absolute Gasteiger partial charge is 0.420 e. The predicted octanol–water partition coefficient (Wildman–Crippen LogP) is 4.24. The van der Waals surface area contributed by atoms with Gasteiger partial charge in [-0.1, -0.05) is 24.3 Å². The zero-order valence-electron chi connectivity index (χ0n) is 16.2. The highest BCUT2D eigenvalue weighted by Gasteiger charge is 2.29. The van der Waals surface area contributed by atoms with Gasteiger partial charge in [-0.15, -0.1) is 21.5 Å². The molecule has 7 heteroatoms. The average molecular weight is 407 g/mol. The molecular formula is C22H22N4O2S. The first kappa shape index (κ1) is 18.1. The van der Waals surface area contributed by atoms with E-state index in [0.29, 0.717) is 24.7 Å². The first-order chi connectivity index (χ1) is 14.2. The molecule has 1 atom stereocenters. The van der Waals surface area contributed by atoms with Crippen molar-refractivity contribution in [2.24, 2.45) is 7.05 Å². The Morgan fingerprint density at radius 1 is 1.24 bits per heavy atom. The third kappa shape index (κ3) is 3.46. The third-order valence-electron chi connectivity index (χ3n) is 5.62. The van der Waals surface area contributed by atoms with E-state index >= 15 is 0 Å². The van der Waals surface area contributed by atoms with Crippen LogP contribution in [-0.2, 0) is 18.3 Å². The van der Waals surface area contributed by atoms with Crippen LogP contribution in [0.2, 0.25) is 0 Å². The highest BCUT2D eigenvalue weighted by Crippen LogP contribution is 2.30. The minimum absolute atomic E-state index is 0.0985. The van der Waals surface area contributed by atoms with E-state index in [0.717, 1.165) is 40.7 Å². The Kier molecular flexibility index (Phi) is 4.67. The fourth-order valence-electron chi connectivity index (χ4n) is 4.15. The molecule has 5 rings (SSSR count). The van der Waals surface area contributed by atoms with Crippen LogP contribution in [-0.4, -0.2) is 38.7 Å². The Balaban J connectivity index is 1.31. The van der Waals surface area contributed by atoms with Gasteiger partial charge in [0.25, 0.3) is 5.89 Å². The summed E-state index contributed by atoms with van der Waals surface area (Å²) in [5, 5.41) is 11.6. The number of piperidine rings is 1. The molecule has 1 saturated heterocycles. The molecule has 0 N–H and O–H groups in total. The van der Waals surface area contributed by atoms with E-state index in [1.807, 2.05) is 41.6 Å². The second kappa shape index (κ2) is 7.48. The maximum atomic E-state index is 13.0. The molecule has 1 aliphatic rings. The molecule has 1 fully saturated rings. The average Bonchev–Trinajstić information content (AvgIpc) is 3.49. The number of aromatic nitrogens is 3. The molecule has 6 nitrogen and oxygen atoms in total. The van der Waals surface area contributed by atoms with Crippen molar-refractivity contribution in [2.75, 3.05) is 13.1 Å². The summed E-state index contributed by atoms with van der Waals surface area (Å²) in [7, 11) is 2.02. The second-order valence-electron chi connectivity index (χ2n) is 7.56. The number of fused-ring (bicyclic) bond motifs is 1. The number of thiophene rings is 1. The molecule has 1 aliphatic heterocycles. The number of amides is 1. The molecule has 29 heavy (non-hydrogen) atoms. The lowest BCUT2D eigenvalue weighted by atomic mass is 9.97. The lowest BCUT2D eigenvalue weighted by molar-refractivity contribution is -0.131. The fourth-order valence-corrected chi connectivity index (χ4v) is 4.79. The van der Waals surface area contributed by atoms with Gasteiger partial charge in [-0.2, -0.15) is 0 Å². The van der Waals surface area contributed by atoms with E-state index in [9.17, 15) is 4.79 Å². The predicted molar refractivity (Wildman–Crippen MR) is 113 cm³/mol. The van der Waals surface area contributed by atoms with Gasteiger partial charge >= 0.3 is 0 Å². The maximum Gasteiger partial charge on any atom is 0.257 e. The molecule has 4 aromatic rings. The zero-order chi connectivity index (χ0) is 19.8. The highest BCUT2D eigenvalue weighted by atomic mass is 32.1. The van der Waals surface area contributed by atoms with Crippen LogP contribution < -0.4 is 0 Å². The van der Waals surface area contributed by atoms with Crippen LogP contribution in [0.15, 0.2) is 52.4 Å². The summed E-state index contributed by atoms with van der Waals surface area (Å²) in [4.78, 5) is 16.0. The minimum atomic E-state index is 0.0985. The van der Waals surface area contributed by atoms with E-state index < -0.39 is 0 Å². The highest BCUT2D eigenvalue weighted by molar-refractivity contribution is 7.13. The number of nitrogens with zero attached hydrogens (tertiary/aromatic N) is 4. The normalized spacial score (nSPS) is 17.1. The lowest BCUT2D eigenvalue weighted by Gasteiger charge is -2.31.